The van der Waals surface area contributed by atoms with Crippen LogP contribution in [0.5, 0.6) is 5.75 Å². The third-order valence-electron chi connectivity index (χ3n) is 8.58. The lowest BCUT2D eigenvalue weighted by Gasteiger charge is -2.46. The largest absolute Gasteiger partial charge is 0.473 e. The second-order valence-electron chi connectivity index (χ2n) is 12.5. The van der Waals surface area contributed by atoms with Crippen LogP contribution in [0, 0.1) is 6.92 Å². The molecular formula is C30H37F6N4O3+. The van der Waals surface area contributed by atoms with Crippen molar-refractivity contribution >= 4 is 17.6 Å². The summed E-state index contributed by atoms with van der Waals surface area (Å²) in [6, 6.07) is 4.69. The molecule has 43 heavy (non-hydrogen) atoms. The number of fused-ring (bicyclic) bond motifs is 2. The van der Waals surface area contributed by atoms with Crippen LogP contribution in [0.3, 0.4) is 0 Å². The SMILES string of the molecule is Cc1ccc(OC(C)(C)C(=O)[N+](C)(C)C2CC3CCC(C2)N3c2ccc(C(=O)N[C@@H](C)C(F)(F)F)cn2)c(C(F)(F)F)c1. The number of nitrogens with zero attached hydrogens (tertiary/aromatic N) is 3. The van der Waals surface area contributed by atoms with Gasteiger partial charge in [0.05, 0.1) is 31.3 Å². The molecule has 1 aromatic heterocycles. The molecule has 0 aliphatic carbocycles. The topological polar surface area (TPSA) is 71.5 Å². The molecule has 0 saturated carbocycles. The van der Waals surface area contributed by atoms with Gasteiger partial charge in [-0.2, -0.15) is 26.3 Å². The quantitative estimate of drug-likeness (QED) is 0.304. The van der Waals surface area contributed by atoms with E-state index in [0.29, 0.717) is 24.2 Å². The molecule has 3 atom stereocenters. The molecule has 2 unspecified atom stereocenters. The van der Waals surface area contributed by atoms with Crippen molar-refractivity contribution in [3.05, 3.63) is 53.2 Å². The molecule has 3 heterocycles. The summed E-state index contributed by atoms with van der Waals surface area (Å²) in [5.74, 6) is -1.05. The highest BCUT2D eigenvalue weighted by Gasteiger charge is 2.53. The number of carbonyl (C=O) groups excluding carboxylic acids is 2. The van der Waals surface area contributed by atoms with Gasteiger partial charge in [0.1, 0.15) is 17.6 Å². The van der Waals surface area contributed by atoms with Crippen LogP contribution in [0.4, 0.5) is 32.2 Å². The first-order chi connectivity index (χ1) is 19.7. The van der Waals surface area contributed by atoms with Gasteiger partial charge < -0.3 is 15.0 Å². The van der Waals surface area contributed by atoms with Gasteiger partial charge in [0.2, 0.25) is 5.60 Å². The average Bonchev–Trinajstić information content (AvgIpc) is 3.16. The summed E-state index contributed by atoms with van der Waals surface area (Å²) in [4.78, 5) is 32.6. The minimum Gasteiger partial charge on any atom is -0.473 e. The predicted molar refractivity (Wildman–Crippen MR) is 148 cm³/mol. The fourth-order valence-corrected chi connectivity index (χ4v) is 6.22. The molecule has 2 saturated heterocycles. The number of quaternary nitrogens is 1. The van der Waals surface area contributed by atoms with Crippen LogP contribution < -0.4 is 15.0 Å². The average molecular weight is 616 g/mol. The molecule has 2 aromatic rings. The summed E-state index contributed by atoms with van der Waals surface area (Å²) in [5.41, 5.74) is -2.06. The summed E-state index contributed by atoms with van der Waals surface area (Å²) < 4.78 is 85.3. The van der Waals surface area contributed by atoms with E-state index in [0.717, 1.165) is 25.8 Å². The van der Waals surface area contributed by atoms with Gasteiger partial charge in [-0.15, -0.1) is 0 Å². The molecule has 2 amide bonds. The fraction of sp³-hybridized carbons (Fsp3) is 0.567. The van der Waals surface area contributed by atoms with E-state index in [1.54, 1.807) is 27.1 Å². The van der Waals surface area contributed by atoms with Crippen LogP contribution in [0.15, 0.2) is 36.5 Å². The van der Waals surface area contributed by atoms with Crippen molar-refractivity contribution in [3.8, 4) is 5.75 Å². The molecule has 13 heteroatoms. The number of piperidine rings is 1. The molecule has 1 N–H and O–H groups in total. The van der Waals surface area contributed by atoms with Crippen LogP contribution in [-0.4, -0.2) is 71.3 Å². The van der Waals surface area contributed by atoms with Gasteiger partial charge >= 0.3 is 18.3 Å². The maximum atomic E-state index is 13.9. The van der Waals surface area contributed by atoms with Crippen LogP contribution >= 0.6 is 0 Å². The Bertz CT molecular complexity index is 1340. The molecule has 2 aliphatic rings. The maximum Gasteiger partial charge on any atom is 0.419 e. The number of rotatable bonds is 7. The number of benzene rings is 1. The Morgan fingerprint density at radius 1 is 1.02 bits per heavy atom. The number of hydrogen-bond acceptors (Lipinski definition) is 5. The monoisotopic (exact) mass is 615 g/mol. The molecule has 0 spiro atoms. The van der Waals surface area contributed by atoms with E-state index in [1.165, 1.54) is 38.2 Å². The smallest absolute Gasteiger partial charge is 0.419 e. The third kappa shape index (κ3) is 6.76. The van der Waals surface area contributed by atoms with E-state index in [4.69, 9.17) is 4.74 Å². The van der Waals surface area contributed by atoms with Gasteiger partial charge in [-0.25, -0.2) is 9.78 Å². The zero-order chi connectivity index (χ0) is 32.1. The molecule has 7 nitrogen and oxygen atoms in total. The molecule has 4 rings (SSSR count). The Morgan fingerprint density at radius 3 is 2.14 bits per heavy atom. The highest BCUT2D eigenvalue weighted by molar-refractivity contribution is 5.94. The Labute approximate surface area is 246 Å². The number of anilines is 1. The molecule has 2 bridgehead atoms. The minimum atomic E-state index is -4.64. The lowest BCUT2D eigenvalue weighted by atomic mass is 9.92. The number of ether oxygens (including phenoxy) is 1. The summed E-state index contributed by atoms with van der Waals surface area (Å²) in [6.45, 7) is 5.38. The molecule has 2 aliphatic heterocycles. The number of hydrogen-bond donors (Lipinski definition) is 1. The van der Waals surface area contributed by atoms with Crippen molar-refractivity contribution in [1.82, 2.24) is 10.3 Å². The number of halogens is 6. The van der Waals surface area contributed by atoms with E-state index in [2.05, 4.69) is 9.88 Å². The Balaban J connectivity index is 1.47. The van der Waals surface area contributed by atoms with Crippen molar-refractivity contribution in [1.29, 1.82) is 0 Å². The van der Waals surface area contributed by atoms with Crippen LogP contribution in [-0.2, 0) is 11.0 Å². The number of pyridine rings is 1. The minimum absolute atomic E-state index is 0.00923. The zero-order valence-electron chi connectivity index (χ0n) is 24.9. The summed E-state index contributed by atoms with van der Waals surface area (Å²) >= 11 is 0. The van der Waals surface area contributed by atoms with Gasteiger partial charge in [-0.1, -0.05) is 11.6 Å². The molecule has 1 aromatic carbocycles. The zero-order valence-corrected chi connectivity index (χ0v) is 24.9. The Morgan fingerprint density at radius 2 is 1.63 bits per heavy atom. The van der Waals surface area contributed by atoms with Gasteiger partial charge in [0.25, 0.3) is 5.91 Å². The summed E-state index contributed by atoms with van der Waals surface area (Å²) in [6.07, 6.45) is -5.07. The van der Waals surface area contributed by atoms with Gasteiger partial charge in [-0.3, -0.25) is 9.28 Å². The number of amides is 2. The first kappa shape index (κ1) is 32.6. The van der Waals surface area contributed by atoms with Crippen molar-refractivity contribution in [3.63, 3.8) is 0 Å². The molecule has 0 radical (unpaired) electrons. The standard InChI is InChI=1S/C30H36F6N4O3/c1-17-7-11-24(23(13-17)30(34,35)36)43-28(3,4)27(42)40(5,6)22-14-20-9-10-21(15-22)39(20)25-12-8-19(16-37-25)26(41)38-18(2)29(31,32)33/h7-8,11-13,16,18,20-22H,9-10,14-15H2,1-6H3/p+1/t18-,20?,21?,22?/m0/s1. The predicted octanol–water partition coefficient (Wildman–Crippen LogP) is 6.05. The number of aromatic nitrogens is 1. The Kier molecular flexibility index (Phi) is 8.55. The van der Waals surface area contributed by atoms with E-state index < -0.39 is 41.2 Å². The van der Waals surface area contributed by atoms with Crippen molar-refractivity contribution in [2.75, 3.05) is 19.0 Å². The number of carbonyl (C=O) groups is 2. The van der Waals surface area contributed by atoms with Crippen LogP contribution in [0.25, 0.3) is 0 Å². The number of alkyl halides is 6. The highest BCUT2D eigenvalue weighted by Crippen LogP contribution is 2.43. The van der Waals surface area contributed by atoms with E-state index in [-0.39, 0.29) is 34.1 Å². The van der Waals surface area contributed by atoms with E-state index in [9.17, 15) is 35.9 Å². The maximum absolute atomic E-state index is 13.9. The number of aryl methyl sites for hydroxylation is 1. The first-order valence-electron chi connectivity index (χ1n) is 14.1. The van der Waals surface area contributed by atoms with E-state index in [1.807, 2.05) is 5.32 Å². The molecular weight excluding hydrogens is 578 g/mol. The summed E-state index contributed by atoms with van der Waals surface area (Å²) in [5, 5.41) is 1.92. The number of nitrogens with one attached hydrogen (secondary N) is 1. The van der Waals surface area contributed by atoms with Crippen molar-refractivity contribution < 1.29 is 45.2 Å². The molecule has 236 valence electrons. The van der Waals surface area contributed by atoms with E-state index >= 15 is 0 Å². The lowest BCUT2D eigenvalue weighted by Crippen LogP contribution is -2.65. The van der Waals surface area contributed by atoms with Gasteiger partial charge in [0, 0.05) is 31.1 Å². The first-order valence-corrected chi connectivity index (χ1v) is 14.1. The lowest BCUT2D eigenvalue weighted by molar-refractivity contribution is -0.845. The second kappa shape index (κ2) is 11.3. The molecule has 2 fully saturated rings. The third-order valence-corrected chi connectivity index (χ3v) is 8.58. The summed E-state index contributed by atoms with van der Waals surface area (Å²) in [7, 11) is 3.50. The van der Waals surface area contributed by atoms with Gasteiger partial charge in [-0.05, 0) is 64.8 Å². The van der Waals surface area contributed by atoms with Crippen molar-refractivity contribution in [2.45, 2.75) is 95.5 Å². The van der Waals surface area contributed by atoms with Crippen LogP contribution in [0.1, 0.15) is 67.9 Å². The number of likely N-dealkylation sites (N-methyl/N-ethyl adjacent to an activating group) is 1. The fourth-order valence-electron chi connectivity index (χ4n) is 6.22. The second-order valence-corrected chi connectivity index (χ2v) is 12.5. The van der Waals surface area contributed by atoms with Gasteiger partial charge in [0.15, 0.2) is 0 Å². The normalized spacial score (nSPS) is 21.9. The van der Waals surface area contributed by atoms with Crippen LogP contribution in [0.2, 0.25) is 0 Å². The van der Waals surface area contributed by atoms with Crippen molar-refractivity contribution in [2.24, 2.45) is 0 Å². The Hall–Kier alpha value is -3.35. The highest BCUT2D eigenvalue weighted by atomic mass is 19.4.